The van der Waals surface area contributed by atoms with Crippen LogP contribution in [-0.4, -0.2) is 16.1 Å². The van der Waals surface area contributed by atoms with Crippen LogP contribution in [0.15, 0.2) is 18.2 Å². The van der Waals surface area contributed by atoms with E-state index in [0.29, 0.717) is 17.9 Å². The standard InChI is InChI=1S/C9H11ClO2/c10-6-2-3-7-8(11)4-1-5-9(7)12/h1,4-5,11-12H,2-3,6H2. The minimum Gasteiger partial charge on any atom is -0.508 e. The van der Waals surface area contributed by atoms with Crippen molar-refractivity contribution in [2.75, 3.05) is 5.88 Å². The second kappa shape index (κ2) is 4.21. The molecule has 12 heavy (non-hydrogen) atoms. The molecule has 0 heterocycles. The first-order valence-electron chi connectivity index (χ1n) is 3.81. The van der Waals surface area contributed by atoms with Gasteiger partial charge >= 0.3 is 0 Å². The van der Waals surface area contributed by atoms with Crippen molar-refractivity contribution in [3.05, 3.63) is 23.8 Å². The van der Waals surface area contributed by atoms with Gasteiger partial charge in [0, 0.05) is 11.4 Å². The van der Waals surface area contributed by atoms with E-state index in [2.05, 4.69) is 0 Å². The Labute approximate surface area is 76.4 Å². The summed E-state index contributed by atoms with van der Waals surface area (Å²) in [5.74, 6) is 0.813. The van der Waals surface area contributed by atoms with E-state index in [1.165, 1.54) is 0 Å². The van der Waals surface area contributed by atoms with Crippen LogP contribution in [0.4, 0.5) is 0 Å². The lowest BCUT2D eigenvalue weighted by Gasteiger charge is -2.04. The van der Waals surface area contributed by atoms with Gasteiger partial charge in [-0.2, -0.15) is 0 Å². The number of halogens is 1. The molecule has 0 unspecified atom stereocenters. The van der Waals surface area contributed by atoms with Gasteiger partial charge < -0.3 is 10.2 Å². The average molecular weight is 187 g/mol. The topological polar surface area (TPSA) is 40.5 Å². The molecule has 3 heteroatoms. The van der Waals surface area contributed by atoms with Crippen molar-refractivity contribution in [3.63, 3.8) is 0 Å². The van der Waals surface area contributed by atoms with E-state index in [1.54, 1.807) is 18.2 Å². The maximum atomic E-state index is 9.31. The Kier molecular flexibility index (Phi) is 3.23. The Balaban J connectivity index is 2.81. The predicted octanol–water partition coefficient (Wildman–Crippen LogP) is 2.27. The lowest BCUT2D eigenvalue weighted by Crippen LogP contribution is -1.87. The number of aromatic hydroxyl groups is 2. The number of rotatable bonds is 3. The van der Waals surface area contributed by atoms with Crippen molar-refractivity contribution in [1.29, 1.82) is 0 Å². The number of alkyl halides is 1. The van der Waals surface area contributed by atoms with Gasteiger partial charge in [0.25, 0.3) is 0 Å². The largest absolute Gasteiger partial charge is 0.508 e. The van der Waals surface area contributed by atoms with Crippen LogP contribution in [-0.2, 0) is 6.42 Å². The second-order valence-electron chi connectivity index (χ2n) is 2.57. The summed E-state index contributed by atoms with van der Waals surface area (Å²) in [6, 6.07) is 4.72. The quantitative estimate of drug-likeness (QED) is 0.711. The molecular formula is C9H11ClO2. The molecule has 0 aliphatic heterocycles. The summed E-state index contributed by atoms with van der Waals surface area (Å²) < 4.78 is 0. The summed E-state index contributed by atoms with van der Waals surface area (Å²) in [6.45, 7) is 0. The fourth-order valence-electron chi connectivity index (χ4n) is 1.06. The molecule has 0 atom stereocenters. The van der Waals surface area contributed by atoms with E-state index in [4.69, 9.17) is 11.6 Å². The first-order chi connectivity index (χ1) is 5.75. The summed E-state index contributed by atoms with van der Waals surface area (Å²) in [6.07, 6.45) is 1.37. The summed E-state index contributed by atoms with van der Waals surface area (Å²) >= 11 is 5.49. The second-order valence-corrected chi connectivity index (χ2v) is 2.95. The smallest absolute Gasteiger partial charge is 0.122 e. The van der Waals surface area contributed by atoms with Gasteiger partial charge in [0.15, 0.2) is 0 Å². The molecule has 1 aromatic rings. The zero-order chi connectivity index (χ0) is 8.97. The van der Waals surface area contributed by atoms with Crippen LogP contribution in [0.2, 0.25) is 0 Å². The fourth-order valence-corrected chi connectivity index (χ4v) is 1.20. The van der Waals surface area contributed by atoms with Crippen molar-refractivity contribution in [2.45, 2.75) is 12.8 Å². The van der Waals surface area contributed by atoms with Crippen molar-refractivity contribution in [2.24, 2.45) is 0 Å². The molecule has 0 aromatic heterocycles. The molecule has 2 nitrogen and oxygen atoms in total. The molecule has 0 fully saturated rings. The number of phenolic OH excluding ortho intramolecular Hbond substituents is 2. The highest BCUT2D eigenvalue weighted by Crippen LogP contribution is 2.27. The van der Waals surface area contributed by atoms with E-state index in [1.807, 2.05) is 0 Å². The van der Waals surface area contributed by atoms with E-state index in [-0.39, 0.29) is 11.5 Å². The molecule has 1 aromatic carbocycles. The van der Waals surface area contributed by atoms with Crippen LogP contribution in [0.1, 0.15) is 12.0 Å². The summed E-state index contributed by atoms with van der Waals surface area (Å²) in [7, 11) is 0. The molecule has 0 radical (unpaired) electrons. The Morgan fingerprint density at radius 3 is 2.25 bits per heavy atom. The summed E-state index contributed by atoms with van der Waals surface area (Å²) in [4.78, 5) is 0. The molecule has 2 N–H and O–H groups in total. The first-order valence-corrected chi connectivity index (χ1v) is 4.35. The third-order valence-electron chi connectivity index (χ3n) is 1.69. The number of hydrogen-bond acceptors (Lipinski definition) is 2. The lowest BCUT2D eigenvalue weighted by atomic mass is 10.1. The molecule has 1 rings (SSSR count). The van der Waals surface area contributed by atoms with Gasteiger partial charge in [-0.3, -0.25) is 0 Å². The third-order valence-corrected chi connectivity index (χ3v) is 1.95. The van der Waals surface area contributed by atoms with Gasteiger partial charge in [-0.05, 0) is 25.0 Å². The fraction of sp³-hybridized carbons (Fsp3) is 0.333. The van der Waals surface area contributed by atoms with E-state index in [9.17, 15) is 10.2 Å². The maximum absolute atomic E-state index is 9.31. The SMILES string of the molecule is Oc1cccc(O)c1CCCCl. The van der Waals surface area contributed by atoms with Gasteiger partial charge in [-0.15, -0.1) is 11.6 Å². The lowest BCUT2D eigenvalue weighted by molar-refractivity contribution is 0.438. The minimum absolute atomic E-state index is 0.139. The Bertz CT molecular complexity index is 240. The molecule has 0 saturated heterocycles. The molecule has 0 aliphatic rings. The predicted molar refractivity (Wildman–Crippen MR) is 48.8 cm³/mol. The first kappa shape index (κ1) is 9.20. The molecule has 0 bridgehead atoms. The highest BCUT2D eigenvalue weighted by molar-refractivity contribution is 6.17. The Hall–Kier alpha value is -0.890. The summed E-state index contributed by atoms with van der Waals surface area (Å²) in [5, 5.41) is 18.6. The van der Waals surface area contributed by atoms with Gasteiger partial charge in [0.1, 0.15) is 11.5 Å². The number of hydrogen-bond donors (Lipinski definition) is 2. The molecule has 0 amide bonds. The van der Waals surface area contributed by atoms with E-state index < -0.39 is 0 Å². The zero-order valence-corrected chi connectivity index (χ0v) is 7.38. The van der Waals surface area contributed by atoms with Crippen LogP contribution >= 0.6 is 11.6 Å². The van der Waals surface area contributed by atoms with Gasteiger partial charge in [0.05, 0.1) is 0 Å². The van der Waals surface area contributed by atoms with Crippen LogP contribution < -0.4 is 0 Å². The van der Waals surface area contributed by atoms with Gasteiger partial charge in [-0.25, -0.2) is 0 Å². The summed E-state index contributed by atoms with van der Waals surface area (Å²) in [5.41, 5.74) is 0.582. The van der Waals surface area contributed by atoms with Crippen LogP contribution in [0.5, 0.6) is 11.5 Å². The van der Waals surface area contributed by atoms with Crippen LogP contribution in [0, 0.1) is 0 Å². The third kappa shape index (κ3) is 2.05. The van der Waals surface area contributed by atoms with Crippen molar-refractivity contribution < 1.29 is 10.2 Å². The minimum atomic E-state index is 0.139. The average Bonchev–Trinajstić information content (AvgIpc) is 2.04. The molecule has 0 saturated carbocycles. The normalized spacial score (nSPS) is 10.1. The Morgan fingerprint density at radius 2 is 1.75 bits per heavy atom. The number of benzene rings is 1. The molecule has 66 valence electrons. The Morgan fingerprint density at radius 1 is 1.17 bits per heavy atom. The van der Waals surface area contributed by atoms with Crippen molar-refractivity contribution in [1.82, 2.24) is 0 Å². The molecule has 0 aliphatic carbocycles. The van der Waals surface area contributed by atoms with Crippen molar-refractivity contribution >= 4 is 11.6 Å². The van der Waals surface area contributed by atoms with E-state index in [0.717, 1.165) is 6.42 Å². The van der Waals surface area contributed by atoms with E-state index >= 15 is 0 Å². The van der Waals surface area contributed by atoms with Crippen LogP contribution in [0.3, 0.4) is 0 Å². The zero-order valence-electron chi connectivity index (χ0n) is 6.63. The highest BCUT2D eigenvalue weighted by atomic mass is 35.5. The van der Waals surface area contributed by atoms with Crippen LogP contribution in [0.25, 0.3) is 0 Å². The van der Waals surface area contributed by atoms with Gasteiger partial charge in [-0.1, -0.05) is 6.07 Å². The maximum Gasteiger partial charge on any atom is 0.122 e. The molecule has 0 spiro atoms. The van der Waals surface area contributed by atoms with Crippen molar-refractivity contribution in [3.8, 4) is 11.5 Å². The molecular weight excluding hydrogens is 176 g/mol. The monoisotopic (exact) mass is 186 g/mol. The van der Waals surface area contributed by atoms with Gasteiger partial charge in [0.2, 0.25) is 0 Å². The highest BCUT2D eigenvalue weighted by Gasteiger charge is 2.04. The number of phenols is 2.